The third-order valence-corrected chi connectivity index (χ3v) is 9.79. The van der Waals surface area contributed by atoms with Crippen molar-refractivity contribution >= 4 is 40.1 Å². The third kappa shape index (κ3) is 5.65. The molecule has 0 radical (unpaired) electrons. The molecule has 7 rings (SSSR count). The minimum absolute atomic E-state index is 0.0430. The lowest BCUT2D eigenvalue weighted by Crippen LogP contribution is -2.39. The summed E-state index contributed by atoms with van der Waals surface area (Å²) in [4.78, 5) is 28.2. The van der Waals surface area contributed by atoms with Crippen LogP contribution in [0, 0.1) is 5.92 Å². The van der Waals surface area contributed by atoms with Crippen molar-refractivity contribution in [2.75, 3.05) is 25.5 Å². The molecule has 0 spiro atoms. The Kier molecular flexibility index (Phi) is 8.56. The van der Waals surface area contributed by atoms with E-state index in [0.29, 0.717) is 22.0 Å². The highest BCUT2D eigenvalue weighted by molar-refractivity contribution is 6.33. The number of primary amides is 1. The molecule has 48 heavy (non-hydrogen) atoms. The summed E-state index contributed by atoms with van der Waals surface area (Å²) in [5, 5.41) is 9.79. The zero-order valence-corrected chi connectivity index (χ0v) is 27.4. The van der Waals surface area contributed by atoms with Crippen molar-refractivity contribution in [1.82, 2.24) is 14.7 Å². The molecule has 1 fully saturated rings. The molecule has 0 aliphatic carbocycles. The van der Waals surface area contributed by atoms with Gasteiger partial charge in [-0.05, 0) is 85.6 Å². The largest absolute Gasteiger partial charge is 0.366 e. The second-order valence-corrected chi connectivity index (χ2v) is 12.8. The highest BCUT2D eigenvalue weighted by Crippen LogP contribution is 2.44. The van der Waals surface area contributed by atoms with E-state index in [9.17, 15) is 9.59 Å². The normalized spacial score (nSPS) is 14.2. The number of nitrogens with two attached hydrogens (primary N) is 1. The van der Waals surface area contributed by atoms with Crippen LogP contribution in [0.5, 0.6) is 0 Å². The van der Waals surface area contributed by atoms with Crippen molar-refractivity contribution in [2.24, 2.45) is 11.7 Å². The fourth-order valence-corrected chi connectivity index (χ4v) is 7.15. The number of carbonyl (C=O) groups is 2. The van der Waals surface area contributed by atoms with E-state index >= 15 is 0 Å². The first-order valence-corrected chi connectivity index (χ1v) is 16.5. The van der Waals surface area contributed by atoms with E-state index in [-0.39, 0.29) is 11.8 Å². The van der Waals surface area contributed by atoms with Crippen LogP contribution in [-0.4, -0.2) is 46.6 Å². The zero-order chi connectivity index (χ0) is 33.3. The Bertz CT molecular complexity index is 1990. The maximum Gasteiger partial charge on any atom is 0.248 e. The topological polar surface area (TPSA) is 93.2 Å². The number of halogens is 1. The number of aromatic nitrogens is 2. The lowest BCUT2D eigenvalue weighted by atomic mass is 9.77. The SMILES string of the molecule is CN1CCC(C(=O)Nc2nn(C(c3ccccc3)(c3ccccc3)c3ccccc3)c3ccc(-c4cc(C(N)=O)ccc4Cl)cc23)CC1. The summed E-state index contributed by atoms with van der Waals surface area (Å²) >= 11 is 6.70. The first kappa shape index (κ1) is 31.4. The molecular formula is C40H36ClN5O2. The molecule has 1 aliphatic heterocycles. The van der Waals surface area contributed by atoms with Gasteiger partial charge in [0.2, 0.25) is 11.8 Å². The van der Waals surface area contributed by atoms with Crippen LogP contribution in [0.3, 0.4) is 0 Å². The van der Waals surface area contributed by atoms with Crippen LogP contribution in [0.2, 0.25) is 5.02 Å². The quantitative estimate of drug-likeness (QED) is 0.166. The molecule has 8 heteroatoms. The number of hydrogen-bond donors (Lipinski definition) is 2. The second kappa shape index (κ2) is 13.1. The molecule has 2 heterocycles. The summed E-state index contributed by atoms with van der Waals surface area (Å²) in [6, 6.07) is 41.9. The van der Waals surface area contributed by atoms with Crippen molar-refractivity contribution in [1.29, 1.82) is 0 Å². The highest BCUT2D eigenvalue weighted by atomic mass is 35.5. The Morgan fingerprint density at radius 1 is 0.792 bits per heavy atom. The van der Waals surface area contributed by atoms with Crippen LogP contribution in [0.4, 0.5) is 5.82 Å². The van der Waals surface area contributed by atoms with Gasteiger partial charge in [-0.15, -0.1) is 0 Å². The molecule has 1 saturated heterocycles. The van der Waals surface area contributed by atoms with Crippen LogP contribution in [0.1, 0.15) is 39.9 Å². The molecule has 1 aliphatic rings. The summed E-state index contributed by atoms with van der Waals surface area (Å²) in [5.41, 5.74) is 10.4. The second-order valence-electron chi connectivity index (χ2n) is 12.4. The molecule has 5 aromatic carbocycles. The maximum atomic E-state index is 13.9. The van der Waals surface area contributed by atoms with E-state index in [0.717, 1.165) is 59.1 Å². The number of likely N-dealkylation sites (tertiary alicyclic amines) is 1. The Morgan fingerprint density at radius 3 is 1.90 bits per heavy atom. The van der Waals surface area contributed by atoms with Gasteiger partial charge in [-0.25, -0.2) is 4.68 Å². The Hall–Kier alpha value is -5.24. The van der Waals surface area contributed by atoms with Gasteiger partial charge in [-0.1, -0.05) is 109 Å². The van der Waals surface area contributed by atoms with Gasteiger partial charge in [0.05, 0.1) is 5.52 Å². The summed E-state index contributed by atoms with van der Waals surface area (Å²) < 4.78 is 2.04. The number of piperidine rings is 1. The first-order valence-electron chi connectivity index (χ1n) is 16.1. The Balaban J connectivity index is 1.50. The third-order valence-electron chi connectivity index (χ3n) is 9.47. The van der Waals surface area contributed by atoms with Gasteiger partial charge in [0.15, 0.2) is 5.82 Å². The predicted molar refractivity (Wildman–Crippen MR) is 192 cm³/mol. The molecule has 0 bridgehead atoms. The number of anilines is 1. The van der Waals surface area contributed by atoms with Gasteiger partial charge >= 0.3 is 0 Å². The molecular weight excluding hydrogens is 618 g/mol. The molecule has 0 saturated carbocycles. The van der Waals surface area contributed by atoms with Crippen molar-refractivity contribution in [3.8, 4) is 11.1 Å². The van der Waals surface area contributed by atoms with Crippen LogP contribution in [0.25, 0.3) is 22.0 Å². The van der Waals surface area contributed by atoms with Crippen molar-refractivity contribution < 1.29 is 9.59 Å². The number of hydrogen-bond acceptors (Lipinski definition) is 4. The summed E-state index contributed by atoms with van der Waals surface area (Å²) in [5.74, 6) is -0.233. The van der Waals surface area contributed by atoms with Gasteiger partial charge in [-0.3, -0.25) is 9.59 Å². The average molecular weight is 654 g/mol. The summed E-state index contributed by atoms with van der Waals surface area (Å²) in [7, 11) is 2.08. The summed E-state index contributed by atoms with van der Waals surface area (Å²) in [6.07, 6.45) is 1.56. The average Bonchev–Trinajstić information content (AvgIpc) is 3.47. The van der Waals surface area contributed by atoms with E-state index in [1.54, 1.807) is 18.2 Å². The Labute approximate surface area is 285 Å². The van der Waals surface area contributed by atoms with Crippen LogP contribution >= 0.6 is 11.6 Å². The zero-order valence-electron chi connectivity index (χ0n) is 26.6. The van der Waals surface area contributed by atoms with Crippen LogP contribution < -0.4 is 11.1 Å². The first-order chi connectivity index (χ1) is 23.4. The molecule has 7 nitrogen and oxygen atoms in total. The predicted octanol–water partition coefficient (Wildman–Crippen LogP) is 7.58. The van der Waals surface area contributed by atoms with Crippen LogP contribution in [-0.2, 0) is 10.3 Å². The summed E-state index contributed by atoms with van der Waals surface area (Å²) in [6.45, 7) is 1.73. The van der Waals surface area contributed by atoms with Crippen molar-refractivity contribution in [3.63, 3.8) is 0 Å². The molecule has 0 atom stereocenters. The number of amides is 2. The van der Waals surface area contributed by atoms with Crippen molar-refractivity contribution in [2.45, 2.75) is 18.4 Å². The number of carbonyl (C=O) groups excluding carboxylic acids is 2. The number of benzene rings is 5. The van der Waals surface area contributed by atoms with Gasteiger partial charge in [0, 0.05) is 27.5 Å². The monoisotopic (exact) mass is 653 g/mol. The highest BCUT2D eigenvalue weighted by Gasteiger charge is 2.41. The molecule has 3 N–H and O–H groups in total. The minimum Gasteiger partial charge on any atom is -0.366 e. The standard InChI is InChI=1S/C40H36ClN5O2/c1-45-23-21-27(22-24-45)39(48)43-38-34-25-28(33-26-29(37(42)47)17-19-35(33)41)18-20-36(34)46(44-38)40(30-11-5-2-6-12-30,31-13-7-3-8-14-31)32-15-9-4-10-16-32/h2-20,25-27H,21-24H2,1H3,(H2,42,47)(H,43,44,48). The fourth-order valence-electron chi connectivity index (χ4n) is 6.93. The lowest BCUT2D eigenvalue weighted by molar-refractivity contribution is -0.121. The van der Waals surface area contributed by atoms with Gasteiger partial charge in [0.25, 0.3) is 0 Å². The number of rotatable bonds is 8. The number of fused-ring (bicyclic) bond motifs is 1. The smallest absolute Gasteiger partial charge is 0.248 e. The van der Waals surface area contributed by atoms with Gasteiger partial charge in [0.1, 0.15) is 5.54 Å². The minimum atomic E-state index is -0.899. The maximum absolute atomic E-state index is 13.9. The molecule has 1 aromatic heterocycles. The van der Waals surface area contributed by atoms with E-state index in [4.69, 9.17) is 22.4 Å². The van der Waals surface area contributed by atoms with Gasteiger partial charge < -0.3 is 16.0 Å². The fraction of sp³-hybridized carbons (Fsp3) is 0.175. The molecule has 2 amide bonds. The van der Waals surface area contributed by atoms with Crippen molar-refractivity contribution in [3.05, 3.63) is 155 Å². The van der Waals surface area contributed by atoms with E-state index in [2.05, 4.69) is 53.7 Å². The van der Waals surface area contributed by atoms with E-state index < -0.39 is 11.4 Å². The van der Waals surface area contributed by atoms with Gasteiger partial charge in [-0.2, -0.15) is 5.10 Å². The molecule has 240 valence electrons. The molecule has 6 aromatic rings. The van der Waals surface area contributed by atoms with E-state index in [1.165, 1.54) is 0 Å². The lowest BCUT2D eigenvalue weighted by Gasteiger charge is -2.37. The number of nitrogens with one attached hydrogen (secondary N) is 1. The Morgan fingerprint density at radius 2 is 1.35 bits per heavy atom. The van der Waals surface area contributed by atoms with Crippen LogP contribution in [0.15, 0.2) is 127 Å². The number of nitrogens with zero attached hydrogens (tertiary/aromatic N) is 3. The van der Waals surface area contributed by atoms with E-state index in [1.807, 2.05) is 77.5 Å². The molecule has 0 unspecified atom stereocenters.